The molecule has 2 nitrogen and oxygen atoms in total. The Bertz CT molecular complexity index is 268. The average Bonchev–Trinajstić information content (AvgIpc) is 2.96. The number of piperidine rings is 1. The fourth-order valence-electron chi connectivity index (χ4n) is 2.30. The largest absolute Gasteiger partial charge is 0.415 e. The van der Waals surface area contributed by atoms with Gasteiger partial charge in [0.2, 0.25) is 0 Å². The molecule has 1 aliphatic heterocycles. The van der Waals surface area contributed by atoms with Gasteiger partial charge in [0.25, 0.3) is 0 Å². The quantitative estimate of drug-likeness (QED) is 0.779. The van der Waals surface area contributed by atoms with Crippen LogP contribution >= 0.6 is 0 Å². The van der Waals surface area contributed by atoms with E-state index in [2.05, 4.69) is 39.2 Å². The number of hydrogen-bond acceptors (Lipinski definition) is 2. The van der Waals surface area contributed by atoms with Crippen LogP contribution in [0.3, 0.4) is 0 Å². The van der Waals surface area contributed by atoms with Crippen LogP contribution < -0.4 is 5.32 Å². The molecule has 1 saturated carbocycles. The smallest absolute Gasteiger partial charge is 0.192 e. The molecule has 0 aromatic rings. The zero-order valence-electron chi connectivity index (χ0n) is 12.2. The van der Waals surface area contributed by atoms with Gasteiger partial charge < -0.3 is 9.74 Å². The highest BCUT2D eigenvalue weighted by Gasteiger charge is 2.45. The summed E-state index contributed by atoms with van der Waals surface area (Å²) in [5, 5.41) is 4.03. The molecular formula is C14H29NOSi. The normalized spacial score (nSPS) is 28.4. The van der Waals surface area contributed by atoms with Gasteiger partial charge in [0.15, 0.2) is 8.32 Å². The van der Waals surface area contributed by atoms with E-state index in [1.54, 1.807) is 0 Å². The van der Waals surface area contributed by atoms with Crippen LogP contribution in [0.5, 0.6) is 0 Å². The topological polar surface area (TPSA) is 21.3 Å². The van der Waals surface area contributed by atoms with Crippen molar-refractivity contribution in [2.45, 2.75) is 70.6 Å². The molecule has 0 radical (unpaired) electrons. The van der Waals surface area contributed by atoms with Gasteiger partial charge in [-0.15, -0.1) is 0 Å². The van der Waals surface area contributed by atoms with E-state index in [0.717, 1.165) is 6.61 Å². The second-order valence-electron chi connectivity index (χ2n) is 7.69. The van der Waals surface area contributed by atoms with Crippen LogP contribution in [0.4, 0.5) is 0 Å². The van der Waals surface area contributed by atoms with Crippen molar-refractivity contribution in [1.29, 1.82) is 0 Å². The van der Waals surface area contributed by atoms with Crippen LogP contribution in [0, 0.1) is 5.41 Å². The highest BCUT2D eigenvalue weighted by atomic mass is 28.4. The third-order valence-electron chi connectivity index (χ3n) is 5.20. The predicted octanol–water partition coefficient (Wildman–Crippen LogP) is 3.54. The van der Waals surface area contributed by atoms with E-state index in [1.165, 1.54) is 32.2 Å². The highest BCUT2D eigenvalue weighted by molar-refractivity contribution is 6.74. The zero-order valence-corrected chi connectivity index (χ0v) is 13.2. The van der Waals surface area contributed by atoms with E-state index >= 15 is 0 Å². The first-order valence-corrected chi connectivity index (χ1v) is 10.0. The summed E-state index contributed by atoms with van der Waals surface area (Å²) in [6.07, 6.45) is 5.64. The van der Waals surface area contributed by atoms with Crippen molar-refractivity contribution in [2.75, 3.05) is 13.2 Å². The molecule has 1 heterocycles. The van der Waals surface area contributed by atoms with E-state index in [9.17, 15) is 0 Å². The minimum atomic E-state index is -1.55. The minimum Gasteiger partial charge on any atom is -0.415 e. The number of nitrogens with one attached hydrogen (secondary N) is 1. The molecule has 2 aliphatic rings. The van der Waals surface area contributed by atoms with Gasteiger partial charge in [-0.05, 0) is 49.2 Å². The van der Waals surface area contributed by atoms with Gasteiger partial charge in [0, 0.05) is 19.2 Å². The molecule has 0 amide bonds. The van der Waals surface area contributed by atoms with Crippen molar-refractivity contribution in [3.8, 4) is 0 Å². The van der Waals surface area contributed by atoms with Crippen LogP contribution in [-0.2, 0) is 4.43 Å². The summed E-state index contributed by atoms with van der Waals surface area (Å²) in [4.78, 5) is 0. The first-order valence-electron chi connectivity index (χ1n) is 7.12. The third-order valence-corrected chi connectivity index (χ3v) is 9.70. The number of hydrogen-bond donors (Lipinski definition) is 1. The highest BCUT2D eigenvalue weighted by Crippen LogP contribution is 2.51. The van der Waals surface area contributed by atoms with Crippen LogP contribution in [0.15, 0.2) is 0 Å². The lowest BCUT2D eigenvalue weighted by Crippen LogP contribution is -2.48. The summed E-state index contributed by atoms with van der Waals surface area (Å²) in [7, 11) is -1.55. The third kappa shape index (κ3) is 3.12. The van der Waals surface area contributed by atoms with Gasteiger partial charge in [-0.2, -0.15) is 0 Å². The van der Waals surface area contributed by atoms with Crippen molar-refractivity contribution >= 4 is 8.32 Å². The summed E-state index contributed by atoms with van der Waals surface area (Å²) < 4.78 is 6.30. The zero-order chi connectivity index (χ0) is 12.7. The van der Waals surface area contributed by atoms with E-state index < -0.39 is 8.32 Å². The number of rotatable bonds is 3. The Labute approximate surface area is 108 Å². The Balaban J connectivity index is 1.75. The van der Waals surface area contributed by atoms with Crippen molar-refractivity contribution < 1.29 is 4.43 Å². The van der Waals surface area contributed by atoms with Crippen molar-refractivity contribution in [3.05, 3.63) is 0 Å². The molecule has 0 unspecified atom stereocenters. The molecule has 2 rings (SSSR count). The second-order valence-corrected chi connectivity index (χ2v) is 12.5. The van der Waals surface area contributed by atoms with Crippen molar-refractivity contribution in [1.82, 2.24) is 5.32 Å². The maximum atomic E-state index is 6.30. The molecule has 1 atom stereocenters. The average molecular weight is 255 g/mol. The van der Waals surface area contributed by atoms with Gasteiger partial charge in [-0.25, -0.2) is 0 Å². The summed E-state index contributed by atoms with van der Waals surface area (Å²) in [6, 6.07) is 0.607. The van der Waals surface area contributed by atoms with E-state index in [0.29, 0.717) is 16.5 Å². The molecule has 0 bridgehead atoms. The molecular weight excluding hydrogens is 226 g/mol. The van der Waals surface area contributed by atoms with Gasteiger partial charge in [-0.1, -0.05) is 20.8 Å². The van der Waals surface area contributed by atoms with Crippen molar-refractivity contribution in [3.63, 3.8) is 0 Å². The molecule has 1 spiro atoms. The summed E-state index contributed by atoms with van der Waals surface area (Å²) in [5.41, 5.74) is 0.716. The predicted molar refractivity (Wildman–Crippen MR) is 75.8 cm³/mol. The van der Waals surface area contributed by atoms with E-state index in [4.69, 9.17) is 4.43 Å². The lowest BCUT2D eigenvalue weighted by molar-refractivity contribution is 0.194. The maximum Gasteiger partial charge on any atom is 0.192 e. The Kier molecular flexibility index (Phi) is 3.48. The summed E-state index contributed by atoms with van der Waals surface area (Å²) >= 11 is 0. The van der Waals surface area contributed by atoms with Gasteiger partial charge in [0.05, 0.1) is 0 Å². The van der Waals surface area contributed by atoms with Gasteiger partial charge >= 0.3 is 0 Å². The van der Waals surface area contributed by atoms with E-state index in [1.807, 2.05) is 0 Å². The van der Waals surface area contributed by atoms with Crippen molar-refractivity contribution in [2.24, 2.45) is 5.41 Å². The maximum absolute atomic E-state index is 6.30. The first-order chi connectivity index (χ1) is 7.74. The molecule has 100 valence electrons. The molecule has 1 N–H and O–H groups in total. The molecule has 1 saturated heterocycles. The van der Waals surface area contributed by atoms with E-state index in [-0.39, 0.29) is 0 Å². The Morgan fingerprint density at radius 2 is 1.88 bits per heavy atom. The molecule has 0 aromatic heterocycles. The second kappa shape index (κ2) is 4.36. The fourth-order valence-corrected chi connectivity index (χ4v) is 3.35. The summed E-state index contributed by atoms with van der Waals surface area (Å²) in [6.45, 7) is 13.8. The fraction of sp³-hybridized carbons (Fsp3) is 1.00. The SMILES string of the molecule is CC(C)(C)[Si](C)(C)OC[C@@H]1CCC2(CC2)CN1. The monoisotopic (exact) mass is 255 g/mol. The molecule has 0 aromatic carbocycles. The molecule has 1 aliphatic carbocycles. The van der Waals surface area contributed by atoms with Gasteiger partial charge in [-0.3, -0.25) is 0 Å². The minimum absolute atomic E-state index is 0.333. The Hall–Kier alpha value is 0.137. The molecule has 2 fully saturated rings. The molecule has 17 heavy (non-hydrogen) atoms. The first kappa shape index (κ1) is 13.6. The Morgan fingerprint density at radius 3 is 2.29 bits per heavy atom. The Morgan fingerprint density at radius 1 is 1.24 bits per heavy atom. The molecule has 3 heteroatoms. The lowest BCUT2D eigenvalue weighted by atomic mass is 9.92. The van der Waals surface area contributed by atoms with Gasteiger partial charge in [0.1, 0.15) is 0 Å². The summed E-state index contributed by atoms with van der Waals surface area (Å²) in [5.74, 6) is 0. The lowest BCUT2D eigenvalue weighted by Gasteiger charge is -2.38. The van der Waals surface area contributed by atoms with Crippen LogP contribution in [0.2, 0.25) is 18.1 Å². The van der Waals surface area contributed by atoms with Crippen LogP contribution in [0.1, 0.15) is 46.5 Å². The van der Waals surface area contributed by atoms with Crippen LogP contribution in [0.25, 0.3) is 0 Å². The standard InChI is InChI=1S/C14H29NOSi/c1-13(2,3)17(4,5)16-10-12-6-7-14(8-9-14)11-15-12/h12,15H,6-11H2,1-5H3/t12-/m0/s1. The van der Waals surface area contributed by atoms with Crippen LogP contribution in [-0.4, -0.2) is 27.5 Å².